The van der Waals surface area contributed by atoms with Crippen molar-refractivity contribution >= 4 is 33.5 Å². The number of carbonyl (C=O) groups excluding carboxylic acids is 3. The first-order valence-electron chi connectivity index (χ1n) is 14.7. The Hall–Kier alpha value is -4.10. The maximum Gasteiger partial charge on any atom is 0.415 e. The Kier molecular flexibility index (Phi) is 11.1. The third-order valence-corrected chi connectivity index (χ3v) is 9.33. The van der Waals surface area contributed by atoms with Crippen LogP contribution in [0.3, 0.4) is 0 Å². The number of anilines is 1. The monoisotopic (exact) mass is 637 g/mol. The number of ketones is 1. The lowest BCUT2D eigenvalue weighted by molar-refractivity contribution is -0.129. The summed E-state index contributed by atoms with van der Waals surface area (Å²) in [5.41, 5.74) is 2.31. The zero-order chi connectivity index (χ0) is 32.7. The van der Waals surface area contributed by atoms with E-state index in [1.54, 1.807) is 24.3 Å². The lowest BCUT2D eigenvalue weighted by atomic mass is 10.0. The number of carbonyl (C=O) groups is 3. The summed E-state index contributed by atoms with van der Waals surface area (Å²) in [5, 5.41) is 23.7. The molecule has 0 saturated carbocycles. The van der Waals surface area contributed by atoms with Crippen LogP contribution < -0.4 is 10.2 Å². The third-order valence-electron chi connectivity index (χ3n) is 7.48. The molecule has 240 valence electrons. The zero-order valence-corrected chi connectivity index (χ0v) is 26.3. The Bertz CT molecular complexity index is 1580. The standard InChI is InChI=1S/C33H39N3O8S/c1-22(2)18-35(45(42,43)28-15-9-25(21-37)10-16-28)19-30(39)29(17-24-7-5-4-6-8-24)34-32(40)31-20-36(33(41)44-31)27-13-11-26(12-14-27)23(3)38/h4-16,22,29-31,37,39H,17-21H2,1-3H3,(H,34,40)/t29-,30+,31-/m0/s1. The molecule has 3 aromatic rings. The molecule has 4 rings (SSSR count). The van der Waals surface area contributed by atoms with E-state index < -0.39 is 40.3 Å². The molecule has 11 nitrogen and oxygen atoms in total. The summed E-state index contributed by atoms with van der Waals surface area (Å²) in [7, 11) is -4.04. The molecule has 0 bridgehead atoms. The molecule has 1 aliphatic rings. The van der Waals surface area contributed by atoms with Crippen molar-refractivity contribution in [3.8, 4) is 0 Å². The SMILES string of the molecule is CC(=O)c1ccc(N2C[C@@H](C(=O)N[C@@H](Cc3ccccc3)[C@H](O)CN(CC(C)C)S(=O)(=O)c3ccc(CO)cc3)OC2=O)cc1. The summed E-state index contributed by atoms with van der Waals surface area (Å²) in [6.45, 7) is 4.66. The second kappa shape index (κ2) is 14.8. The minimum Gasteiger partial charge on any atom is -0.434 e. The molecule has 45 heavy (non-hydrogen) atoms. The largest absolute Gasteiger partial charge is 0.434 e. The molecular weight excluding hydrogens is 598 g/mol. The number of rotatable bonds is 14. The summed E-state index contributed by atoms with van der Waals surface area (Å²) >= 11 is 0. The minimum absolute atomic E-state index is 0.0190. The fourth-order valence-corrected chi connectivity index (χ4v) is 6.66. The molecule has 1 aliphatic heterocycles. The van der Waals surface area contributed by atoms with Crippen LogP contribution in [0.15, 0.2) is 83.8 Å². The van der Waals surface area contributed by atoms with Gasteiger partial charge in [0, 0.05) is 24.3 Å². The molecule has 0 spiro atoms. The van der Waals surface area contributed by atoms with Crippen LogP contribution in [0.25, 0.3) is 0 Å². The fourth-order valence-electron chi connectivity index (χ4n) is 5.04. The topological polar surface area (TPSA) is 154 Å². The van der Waals surface area contributed by atoms with Crippen molar-refractivity contribution in [2.24, 2.45) is 5.92 Å². The molecule has 0 aromatic heterocycles. The highest BCUT2D eigenvalue weighted by atomic mass is 32.2. The summed E-state index contributed by atoms with van der Waals surface area (Å²) in [6.07, 6.45) is -3.05. The smallest absolute Gasteiger partial charge is 0.415 e. The Morgan fingerprint density at radius 2 is 1.62 bits per heavy atom. The first kappa shape index (κ1) is 33.8. The summed E-state index contributed by atoms with van der Waals surface area (Å²) in [5.74, 6) is -0.825. The van der Waals surface area contributed by atoms with Crippen LogP contribution in [-0.4, -0.2) is 78.6 Å². The highest BCUT2D eigenvalue weighted by Gasteiger charge is 2.39. The predicted molar refractivity (Wildman–Crippen MR) is 168 cm³/mol. The first-order valence-corrected chi connectivity index (χ1v) is 16.1. The number of nitrogens with one attached hydrogen (secondary N) is 1. The van der Waals surface area contributed by atoms with Crippen LogP contribution >= 0.6 is 0 Å². The lowest BCUT2D eigenvalue weighted by Gasteiger charge is -2.31. The van der Waals surface area contributed by atoms with Crippen LogP contribution in [0.1, 0.15) is 42.3 Å². The van der Waals surface area contributed by atoms with Gasteiger partial charge < -0.3 is 20.3 Å². The summed E-state index contributed by atoms with van der Waals surface area (Å²) in [4.78, 5) is 39.0. The number of ether oxygens (including phenoxy) is 1. The molecule has 0 radical (unpaired) electrons. The van der Waals surface area contributed by atoms with Crippen molar-refractivity contribution < 1.29 is 37.8 Å². The van der Waals surface area contributed by atoms with Crippen LogP contribution in [0.2, 0.25) is 0 Å². The van der Waals surface area contributed by atoms with Gasteiger partial charge in [0.1, 0.15) is 0 Å². The van der Waals surface area contributed by atoms with Gasteiger partial charge in [-0.15, -0.1) is 0 Å². The average molecular weight is 638 g/mol. The molecule has 2 amide bonds. The van der Waals surface area contributed by atoms with Crippen molar-refractivity contribution in [1.82, 2.24) is 9.62 Å². The molecule has 1 fully saturated rings. The molecule has 1 heterocycles. The van der Waals surface area contributed by atoms with E-state index in [1.807, 2.05) is 44.2 Å². The molecule has 0 unspecified atom stereocenters. The number of hydrogen-bond donors (Lipinski definition) is 3. The number of aliphatic hydroxyl groups excluding tert-OH is 2. The van der Waals surface area contributed by atoms with Crippen LogP contribution in [0, 0.1) is 5.92 Å². The van der Waals surface area contributed by atoms with Crippen molar-refractivity contribution in [2.45, 2.75) is 56.9 Å². The van der Waals surface area contributed by atoms with Crippen LogP contribution in [0.4, 0.5) is 10.5 Å². The molecule has 0 aliphatic carbocycles. The lowest BCUT2D eigenvalue weighted by Crippen LogP contribution is -2.53. The van der Waals surface area contributed by atoms with Gasteiger partial charge in [-0.1, -0.05) is 56.3 Å². The number of amides is 2. The number of aliphatic hydroxyl groups is 2. The number of nitrogens with zero attached hydrogens (tertiary/aromatic N) is 2. The van der Waals surface area contributed by atoms with E-state index in [0.717, 1.165) is 5.56 Å². The van der Waals surface area contributed by atoms with E-state index in [-0.39, 0.29) is 49.3 Å². The second-order valence-corrected chi connectivity index (χ2v) is 13.4. The van der Waals surface area contributed by atoms with Gasteiger partial charge in [-0.3, -0.25) is 14.5 Å². The van der Waals surface area contributed by atoms with Gasteiger partial charge in [-0.05, 0) is 66.8 Å². The van der Waals surface area contributed by atoms with Gasteiger partial charge >= 0.3 is 6.09 Å². The van der Waals surface area contributed by atoms with E-state index in [1.165, 1.54) is 40.4 Å². The third kappa shape index (κ3) is 8.54. The zero-order valence-electron chi connectivity index (χ0n) is 25.5. The highest BCUT2D eigenvalue weighted by Crippen LogP contribution is 2.24. The Labute approximate surface area is 263 Å². The van der Waals surface area contributed by atoms with Gasteiger partial charge in [-0.25, -0.2) is 13.2 Å². The van der Waals surface area contributed by atoms with Crippen molar-refractivity contribution in [2.75, 3.05) is 24.5 Å². The summed E-state index contributed by atoms with van der Waals surface area (Å²) < 4.78 is 33.9. The predicted octanol–water partition coefficient (Wildman–Crippen LogP) is 3.14. The van der Waals surface area contributed by atoms with E-state index >= 15 is 0 Å². The minimum atomic E-state index is -4.04. The number of benzene rings is 3. The van der Waals surface area contributed by atoms with Crippen molar-refractivity contribution in [1.29, 1.82) is 0 Å². The molecule has 3 aromatic carbocycles. The number of cyclic esters (lactones) is 1. The van der Waals surface area contributed by atoms with Crippen molar-refractivity contribution in [3.63, 3.8) is 0 Å². The quantitative estimate of drug-likeness (QED) is 0.228. The van der Waals surface area contributed by atoms with E-state index in [9.17, 15) is 33.0 Å². The fraction of sp³-hybridized carbons (Fsp3) is 0.364. The van der Waals surface area contributed by atoms with Gasteiger partial charge in [0.15, 0.2) is 11.9 Å². The summed E-state index contributed by atoms with van der Waals surface area (Å²) in [6, 6.07) is 20.5. The Morgan fingerprint density at radius 1 is 0.978 bits per heavy atom. The maximum absolute atomic E-state index is 13.7. The number of hydrogen-bond acceptors (Lipinski definition) is 8. The van der Waals surface area contributed by atoms with Crippen LogP contribution in [-0.2, 0) is 32.6 Å². The number of Topliss-reactive ketones (excluding diaryl/α,β-unsaturated/α-hetero) is 1. The van der Waals surface area contributed by atoms with Gasteiger partial charge in [0.05, 0.1) is 30.2 Å². The van der Waals surface area contributed by atoms with Gasteiger partial charge in [0.2, 0.25) is 10.0 Å². The molecule has 12 heteroatoms. The second-order valence-electron chi connectivity index (χ2n) is 11.5. The maximum atomic E-state index is 13.7. The van der Waals surface area contributed by atoms with Gasteiger partial charge in [0.25, 0.3) is 5.91 Å². The van der Waals surface area contributed by atoms with E-state index in [0.29, 0.717) is 16.8 Å². The molecule has 1 saturated heterocycles. The normalized spacial score (nSPS) is 16.5. The highest BCUT2D eigenvalue weighted by molar-refractivity contribution is 7.89. The van der Waals surface area contributed by atoms with E-state index in [4.69, 9.17) is 4.74 Å². The van der Waals surface area contributed by atoms with E-state index in [2.05, 4.69) is 5.32 Å². The Balaban J connectivity index is 1.54. The Morgan fingerprint density at radius 3 is 2.20 bits per heavy atom. The molecule has 3 N–H and O–H groups in total. The van der Waals surface area contributed by atoms with Crippen LogP contribution in [0.5, 0.6) is 0 Å². The molecule has 3 atom stereocenters. The number of sulfonamides is 1. The average Bonchev–Trinajstić information content (AvgIpc) is 3.42. The van der Waals surface area contributed by atoms with Gasteiger partial charge in [-0.2, -0.15) is 4.31 Å². The molecular formula is C33H39N3O8S. The van der Waals surface area contributed by atoms with Crippen molar-refractivity contribution in [3.05, 3.63) is 95.6 Å². The first-order chi connectivity index (χ1) is 21.4.